The number of benzene rings is 1. The number of aromatic nitrogens is 2. The quantitative estimate of drug-likeness (QED) is 0.933. The van der Waals surface area contributed by atoms with Crippen molar-refractivity contribution in [1.29, 1.82) is 5.26 Å². The predicted molar refractivity (Wildman–Crippen MR) is 88.7 cm³/mol. The minimum atomic E-state index is 0.221. The van der Waals surface area contributed by atoms with Gasteiger partial charge in [-0.05, 0) is 43.0 Å². The number of hydrogen-bond donors (Lipinski definition) is 1. The van der Waals surface area contributed by atoms with E-state index in [-0.39, 0.29) is 5.95 Å². The molecule has 1 aliphatic carbocycles. The summed E-state index contributed by atoms with van der Waals surface area (Å²) in [6.45, 7) is 0.689. The van der Waals surface area contributed by atoms with Crippen molar-refractivity contribution in [2.24, 2.45) is 5.92 Å². The Morgan fingerprint density at radius 2 is 2.04 bits per heavy atom. The number of anilines is 1. The van der Waals surface area contributed by atoms with Crippen LogP contribution >= 0.6 is 0 Å². The highest BCUT2D eigenvalue weighted by molar-refractivity contribution is 5.64. The molecule has 0 saturated heterocycles. The highest BCUT2D eigenvalue weighted by Gasteiger charge is 2.15. The summed E-state index contributed by atoms with van der Waals surface area (Å²) in [5.41, 5.74) is 7.67. The lowest BCUT2D eigenvalue weighted by molar-refractivity contribution is 0.208. The highest BCUT2D eigenvalue weighted by atomic mass is 16.5. The molecule has 1 aromatic carbocycles. The third-order valence-corrected chi connectivity index (χ3v) is 4.27. The zero-order valence-corrected chi connectivity index (χ0v) is 13.0. The Hall–Kier alpha value is -2.61. The van der Waals surface area contributed by atoms with E-state index < -0.39 is 0 Å². The summed E-state index contributed by atoms with van der Waals surface area (Å²) >= 11 is 0. The van der Waals surface area contributed by atoms with E-state index in [1.54, 1.807) is 18.3 Å². The number of ether oxygens (including phenoxy) is 1. The van der Waals surface area contributed by atoms with Crippen molar-refractivity contribution in [3.8, 4) is 23.1 Å². The smallest absolute Gasteiger partial charge is 0.220 e. The zero-order valence-electron chi connectivity index (χ0n) is 13.0. The van der Waals surface area contributed by atoms with Crippen LogP contribution in [0.4, 0.5) is 5.95 Å². The van der Waals surface area contributed by atoms with E-state index in [0.717, 1.165) is 5.56 Å². The lowest BCUT2D eigenvalue weighted by atomic mass is 9.90. The predicted octanol–water partition coefficient (Wildman–Crippen LogP) is 3.56. The molecule has 0 radical (unpaired) electrons. The number of rotatable bonds is 4. The van der Waals surface area contributed by atoms with Gasteiger partial charge in [-0.15, -0.1) is 0 Å². The van der Waals surface area contributed by atoms with Gasteiger partial charge in [-0.2, -0.15) is 5.26 Å². The van der Waals surface area contributed by atoms with Gasteiger partial charge in [-0.25, -0.2) is 9.97 Å². The van der Waals surface area contributed by atoms with Gasteiger partial charge in [0.15, 0.2) is 0 Å². The molecule has 1 aromatic heterocycles. The molecular formula is C18H20N4O. The van der Waals surface area contributed by atoms with Crippen LogP contribution in [0.15, 0.2) is 30.5 Å². The molecule has 1 saturated carbocycles. The van der Waals surface area contributed by atoms with Crippen molar-refractivity contribution in [2.45, 2.75) is 32.1 Å². The second-order valence-electron chi connectivity index (χ2n) is 5.94. The molecule has 1 fully saturated rings. The fourth-order valence-corrected chi connectivity index (χ4v) is 3.00. The lowest BCUT2D eigenvalue weighted by Crippen LogP contribution is -2.15. The molecule has 0 aliphatic heterocycles. The van der Waals surface area contributed by atoms with Gasteiger partial charge in [-0.3, -0.25) is 0 Å². The van der Waals surface area contributed by atoms with Gasteiger partial charge in [0.1, 0.15) is 11.8 Å². The minimum absolute atomic E-state index is 0.221. The van der Waals surface area contributed by atoms with E-state index in [9.17, 15) is 5.26 Å². The van der Waals surface area contributed by atoms with Gasteiger partial charge in [0.05, 0.1) is 17.9 Å². The van der Waals surface area contributed by atoms with Crippen molar-refractivity contribution < 1.29 is 4.74 Å². The Labute approximate surface area is 136 Å². The summed E-state index contributed by atoms with van der Waals surface area (Å²) in [5.74, 6) is 1.47. The molecule has 5 heteroatoms. The van der Waals surface area contributed by atoms with Gasteiger partial charge in [0.2, 0.25) is 5.95 Å². The first-order chi connectivity index (χ1) is 11.3. The normalized spacial score (nSPS) is 15.1. The van der Waals surface area contributed by atoms with Crippen LogP contribution in [0.5, 0.6) is 5.75 Å². The SMILES string of the molecule is N#Cc1cc(-c2ccnc(N)n2)ccc1OCC1CCCCC1. The van der Waals surface area contributed by atoms with Crippen molar-refractivity contribution in [2.75, 3.05) is 12.3 Å². The fraction of sp³-hybridized carbons (Fsp3) is 0.389. The lowest BCUT2D eigenvalue weighted by Gasteiger charge is -2.22. The maximum atomic E-state index is 9.39. The maximum Gasteiger partial charge on any atom is 0.220 e. The summed E-state index contributed by atoms with van der Waals surface area (Å²) < 4.78 is 5.90. The van der Waals surface area contributed by atoms with Crippen LogP contribution in [0.3, 0.4) is 0 Å². The molecule has 0 spiro atoms. The summed E-state index contributed by atoms with van der Waals surface area (Å²) in [6.07, 6.45) is 7.95. The van der Waals surface area contributed by atoms with Crippen molar-refractivity contribution >= 4 is 5.95 Å². The molecule has 1 aliphatic rings. The van der Waals surface area contributed by atoms with Crippen LogP contribution in [0.2, 0.25) is 0 Å². The Balaban J connectivity index is 1.76. The van der Waals surface area contributed by atoms with Crippen LogP contribution in [-0.4, -0.2) is 16.6 Å². The second kappa shape index (κ2) is 7.10. The molecule has 1 heterocycles. The number of nitriles is 1. The van der Waals surface area contributed by atoms with Gasteiger partial charge >= 0.3 is 0 Å². The second-order valence-corrected chi connectivity index (χ2v) is 5.94. The minimum Gasteiger partial charge on any atom is -0.492 e. The van der Waals surface area contributed by atoms with Crippen molar-refractivity contribution in [3.05, 3.63) is 36.0 Å². The first-order valence-corrected chi connectivity index (χ1v) is 8.02. The third kappa shape index (κ3) is 3.78. The van der Waals surface area contributed by atoms with Crippen LogP contribution in [0, 0.1) is 17.2 Å². The Morgan fingerprint density at radius 3 is 2.78 bits per heavy atom. The third-order valence-electron chi connectivity index (χ3n) is 4.27. The number of hydrogen-bond acceptors (Lipinski definition) is 5. The standard InChI is InChI=1S/C18H20N4O/c19-11-15-10-14(16-8-9-21-18(20)22-16)6-7-17(15)23-12-13-4-2-1-3-5-13/h6-10,13H,1-5,12H2,(H2,20,21,22). The molecular weight excluding hydrogens is 288 g/mol. The number of nitrogens with two attached hydrogens (primary N) is 1. The van der Waals surface area contributed by atoms with Gasteiger partial charge in [-0.1, -0.05) is 19.3 Å². The van der Waals surface area contributed by atoms with Gasteiger partial charge in [0.25, 0.3) is 0 Å². The summed E-state index contributed by atoms with van der Waals surface area (Å²) in [7, 11) is 0. The molecule has 0 bridgehead atoms. The molecule has 23 heavy (non-hydrogen) atoms. The summed E-state index contributed by atoms with van der Waals surface area (Å²) in [4.78, 5) is 8.07. The van der Waals surface area contributed by atoms with E-state index in [1.165, 1.54) is 32.1 Å². The van der Waals surface area contributed by atoms with Crippen LogP contribution in [0.25, 0.3) is 11.3 Å². The molecule has 5 nitrogen and oxygen atoms in total. The monoisotopic (exact) mass is 308 g/mol. The molecule has 2 aromatic rings. The molecule has 0 unspecified atom stereocenters. The van der Waals surface area contributed by atoms with Crippen molar-refractivity contribution in [3.63, 3.8) is 0 Å². The van der Waals surface area contributed by atoms with Gasteiger partial charge in [0, 0.05) is 11.8 Å². The van der Waals surface area contributed by atoms with E-state index in [4.69, 9.17) is 10.5 Å². The van der Waals surface area contributed by atoms with Crippen LogP contribution in [-0.2, 0) is 0 Å². The van der Waals surface area contributed by atoms with E-state index in [2.05, 4.69) is 16.0 Å². The highest BCUT2D eigenvalue weighted by Crippen LogP contribution is 2.28. The average molecular weight is 308 g/mol. The Morgan fingerprint density at radius 1 is 1.22 bits per heavy atom. The van der Waals surface area contributed by atoms with E-state index in [1.807, 2.05) is 12.1 Å². The van der Waals surface area contributed by atoms with Crippen LogP contribution < -0.4 is 10.5 Å². The average Bonchev–Trinajstić information content (AvgIpc) is 2.60. The first kappa shape index (κ1) is 15.3. The molecule has 0 amide bonds. The molecule has 118 valence electrons. The number of nitrogens with zero attached hydrogens (tertiary/aromatic N) is 3. The Kier molecular flexibility index (Phi) is 4.72. The fourth-order valence-electron chi connectivity index (χ4n) is 3.00. The van der Waals surface area contributed by atoms with Gasteiger partial charge < -0.3 is 10.5 Å². The van der Waals surface area contributed by atoms with Crippen molar-refractivity contribution in [1.82, 2.24) is 9.97 Å². The van der Waals surface area contributed by atoms with Crippen LogP contribution in [0.1, 0.15) is 37.7 Å². The molecule has 2 N–H and O–H groups in total. The maximum absolute atomic E-state index is 9.39. The summed E-state index contributed by atoms with van der Waals surface area (Å²) in [5, 5.41) is 9.39. The zero-order chi connectivity index (χ0) is 16.1. The summed E-state index contributed by atoms with van der Waals surface area (Å²) in [6, 6.07) is 9.52. The molecule has 0 atom stereocenters. The Bertz CT molecular complexity index is 717. The van der Waals surface area contributed by atoms with E-state index in [0.29, 0.717) is 29.5 Å². The molecule has 3 rings (SSSR count). The topological polar surface area (TPSA) is 84.8 Å². The first-order valence-electron chi connectivity index (χ1n) is 8.02. The largest absolute Gasteiger partial charge is 0.492 e. The van der Waals surface area contributed by atoms with E-state index >= 15 is 0 Å². The number of nitrogen functional groups attached to an aromatic ring is 1.